The predicted octanol–water partition coefficient (Wildman–Crippen LogP) is 2.00. The second-order valence-electron chi connectivity index (χ2n) is 3.74. The average molecular weight is 262 g/mol. The SMILES string of the molecule is CC(O)CCNC(=O)Nc1ccc(F)c(F)c1F. The lowest BCUT2D eigenvalue weighted by Gasteiger charge is -2.09. The van der Waals surface area contributed by atoms with Crippen molar-refractivity contribution >= 4 is 11.7 Å². The zero-order valence-corrected chi connectivity index (χ0v) is 9.64. The number of hydrogen-bond acceptors (Lipinski definition) is 2. The zero-order chi connectivity index (χ0) is 13.7. The molecule has 100 valence electrons. The summed E-state index contributed by atoms with van der Waals surface area (Å²) in [5.74, 6) is -4.43. The van der Waals surface area contributed by atoms with Crippen molar-refractivity contribution in [3.63, 3.8) is 0 Å². The maximum atomic E-state index is 13.2. The van der Waals surface area contributed by atoms with E-state index in [2.05, 4.69) is 5.32 Å². The van der Waals surface area contributed by atoms with E-state index < -0.39 is 35.3 Å². The minimum atomic E-state index is -1.64. The highest BCUT2D eigenvalue weighted by atomic mass is 19.2. The normalized spacial score (nSPS) is 12.1. The van der Waals surface area contributed by atoms with Crippen LogP contribution in [0.5, 0.6) is 0 Å². The summed E-state index contributed by atoms with van der Waals surface area (Å²) in [6.07, 6.45) is -0.251. The van der Waals surface area contributed by atoms with E-state index in [-0.39, 0.29) is 6.54 Å². The van der Waals surface area contributed by atoms with Crippen molar-refractivity contribution in [3.8, 4) is 0 Å². The van der Waals surface area contributed by atoms with Crippen molar-refractivity contribution in [2.24, 2.45) is 0 Å². The van der Waals surface area contributed by atoms with Gasteiger partial charge in [0, 0.05) is 6.54 Å². The summed E-state index contributed by atoms with van der Waals surface area (Å²) in [5.41, 5.74) is -0.455. The number of benzene rings is 1. The molecule has 1 aromatic rings. The van der Waals surface area contributed by atoms with Gasteiger partial charge in [-0.1, -0.05) is 0 Å². The predicted molar refractivity (Wildman–Crippen MR) is 59.6 cm³/mol. The third-order valence-electron chi connectivity index (χ3n) is 2.13. The van der Waals surface area contributed by atoms with Gasteiger partial charge >= 0.3 is 6.03 Å². The van der Waals surface area contributed by atoms with Crippen LogP contribution in [0.4, 0.5) is 23.7 Å². The largest absolute Gasteiger partial charge is 0.393 e. The first kappa shape index (κ1) is 14.3. The van der Waals surface area contributed by atoms with Crippen molar-refractivity contribution in [1.82, 2.24) is 5.32 Å². The van der Waals surface area contributed by atoms with Gasteiger partial charge in [-0.2, -0.15) is 0 Å². The van der Waals surface area contributed by atoms with Gasteiger partial charge in [0.1, 0.15) is 0 Å². The number of hydrogen-bond donors (Lipinski definition) is 3. The van der Waals surface area contributed by atoms with Crippen molar-refractivity contribution in [3.05, 3.63) is 29.6 Å². The quantitative estimate of drug-likeness (QED) is 0.727. The molecule has 18 heavy (non-hydrogen) atoms. The molecule has 1 aromatic carbocycles. The van der Waals surface area contributed by atoms with Gasteiger partial charge in [-0.25, -0.2) is 18.0 Å². The molecule has 0 fully saturated rings. The zero-order valence-electron chi connectivity index (χ0n) is 9.64. The number of rotatable bonds is 4. The molecule has 0 saturated heterocycles. The van der Waals surface area contributed by atoms with Crippen LogP contribution in [0.25, 0.3) is 0 Å². The van der Waals surface area contributed by atoms with E-state index in [0.29, 0.717) is 12.5 Å². The Hall–Kier alpha value is -1.76. The van der Waals surface area contributed by atoms with Crippen LogP contribution in [0.3, 0.4) is 0 Å². The third kappa shape index (κ3) is 3.92. The Kier molecular flexibility index (Phi) is 4.96. The molecule has 0 aromatic heterocycles. The molecule has 1 rings (SSSR count). The first-order valence-electron chi connectivity index (χ1n) is 5.28. The fourth-order valence-corrected chi connectivity index (χ4v) is 1.18. The second-order valence-corrected chi connectivity index (χ2v) is 3.74. The minimum absolute atomic E-state index is 0.175. The van der Waals surface area contributed by atoms with Crippen LogP contribution in [0.15, 0.2) is 12.1 Å². The molecular weight excluding hydrogens is 249 g/mol. The van der Waals surface area contributed by atoms with Crippen LogP contribution >= 0.6 is 0 Å². The highest BCUT2D eigenvalue weighted by Crippen LogP contribution is 2.19. The average Bonchev–Trinajstić information content (AvgIpc) is 2.29. The fraction of sp³-hybridized carbons (Fsp3) is 0.364. The van der Waals surface area contributed by atoms with Gasteiger partial charge in [0.2, 0.25) is 0 Å². The lowest BCUT2D eigenvalue weighted by Crippen LogP contribution is -2.31. The van der Waals surface area contributed by atoms with Gasteiger partial charge in [0.25, 0.3) is 0 Å². The number of halogens is 3. The van der Waals surface area contributed by atoms with Crippen molar-refractivity contribution in [1.29, 1.82) is 0 Å². The van der Waals surface area contributed by atoms with Crippen LogP contribution in [-0.4, -0.2) is 23.8 Å². The third-order valence-corrected chi connectivity index (χ3v) is 2.13. The van der Waals surface area contributed by atoms with Gasteiger partial charge in [-0.3, -0.25) is 0 Å². The summed E-state index contributed by atoms with van der Waals surface area (Å²) >= 11 is 0. The van der Waals surface area contributed by atoms with Crippen molar-refractivity contribution < 1.29 is 23.1 Å². The number of amides is 2. The lowest BCUT2D eigenvalue weighted by molar-refractivity contribution is 0.184. The number of aliphatic hydroxyl groups excluding tert-OH is 1. The Labute approximate surface area is 102 Å². The molecule has 0 aliphatic rings. The summed E-state index contributed by atoms with van der Waals surface area (Å²) in [7, 11) is 0. The Morgan fingerprint density at radius 3 is 2.61 bits per heavy atom. The monoisotopic (exact) mass is 262 g/mol. The summed E-state index contributed by atoms with van der Waals surface area (Å²) < 4.78 is 38.6. The Morgan fingerprint density at radius 1 is 1.33 bits per heavy atom. The number of carbonyl (C=O) groups is 1. The topological polar surface area (TPSA) is 61.4 Å². The molecule has 0 radical (unpaired) electrons. The van der Waals surface area contributed by atoms with Crippen LogP contribution in [0.2, 0.25) is 0 Å². The molecule has 7 heteroatoms. The van der Waals surface area contributed by atoms with Crippen molar-refractivity contribution in [2.75, 3.05) is 11.9 Å². The van der Waals surface area contributed by atoms with E-state index in [1.54, 1.807) is 6.92 Å². The molecule has 1 unspecified atom stereocenters. The fourth-order valence-electron chi connectivity index (χ4n) is 1.18. The Bertz CT molecular complexity index is 439. The molecule has 0 spiro atoms. The first-order valence-corrected chi connectivity index (χ1v) is 5.28. The number of aliphatic hydroxyl groups is 1. The molecule has 2 amide bonds. The van der Waals surface area contributed by atoms with E-state index in [9.17, 15) is 18.0 Å². The number of urea groups is 1. The molecule has 4 nitrogen and oxygen atoms in total. The van der Waals surface area contributed by atoms with E-state index in [4.69, 9.17) is 5.11 Å². The molecule has 3 N–H and O–H groups in total. The van der Waals surface area contributed by atoms with Crippen LogP contribution in [-0.2, 0) is 0 Å². The number of carbonyl (C=O) groups excluding carboxylic acids is 1. The first-order chi connectivity index (χ1) is 8.41. The molecule has 0 aliphatic carbocycles. The molecule has 0 heterocycles. The Morgan fingerprint density at radius 2 is 2.00 bits per heavy atom. The number of nitrogens with one attached hydrogen (secondary N) is 2. The maximum Gasteiger partial charge on any atom is 0.319 e. The minimum Gasteiger partial charge on any atom is -0.393 e. The smallest absolute Gasteiger partial charge is 0.319 e. The van der Waals surface area contributed by atoms with E-state index in [1.807, 2.05) is 5.32 Å². The van der Waals surface area contributed by atoms with E-state index in [1.165, 1.54) is 0 Å². The second kappa shape index (κ2) is 6.25. The van der Waals surface area contributed by atoms with Crippen LogP contribution in [0.1, 0.15) is 13.3 Å². The van der Waals surface area contributed by atoms with Gasteiger partial charge in [0.15, 0.2) is 17.5 Å². The molecule has 0 aliphatic heterocycles. The highest BCUT2D eigenvalue weighted by molar-refractivity contribution is 5.89. The Balaban J connectivity index is 2.57. The van der Waals surface area contributed by atoms with Crippen LogP contribution < -0.4 is 10.6 Å². The van der Waals surface area contributed by atoms with Crippen LogP contribution in [0, 0.1) is 17.5 Å². The maximum absolute atomic E-state index is 13.2. The summed E-state index contributed by atoms with van der Waals surface area (Å²) in [6, 6.07) is 0.867. The van der Waals surface area contributed by atoms with Gasteiger partial charge in [-0.15, -0.1) is 0 Å². The van der Waals surface area contributed by atoms with Gasteiger partial charge in [-0.05, 0) is 25.5 Å². The van der Waals surface area contributed by atoms with E-state index in [0.717, 1.165) is 6.07 Å². The van der Waals surface area contributed by atoms with E-state index >= 15 is 0 Å². The number of anilines is 1. The van der Waals surface area contributed by atoms with Gasteiger partial charge < -0.3 is 15.7 Å². The molecule has 0 bridgehead atoms. The van der Waals surface area contributed by atoms with Crippen molar-refractivity contribution in [2.45, 2.75) is 19.4 Å². The standard InChI is InChI=1S/C11H13F3N2O2/c1-6(17)4-5-15-11(18)16-8-3-2-7(12)9(13)10(8)14/h2-3,6,17H,4-5H2,1H3,(H2,15,16,18). The highest BCUT2D eigenvalue weighted by Gasteiger charge is 2.14. The summed E-state index contributed by atoms with van der Waals surface area (Å²) in [6.45, 7) is 1.73. The molecular formula is C11H13F3N2O2. The summed E-state index contributed by atoms with van der Waals surface area (Å²) in [5, 5.41) is 13.3. The molecule has 1 atom stereocenters. The molecule has 0 saturated carbocycles. The summed E-state index contributed by atoms with van der Waals surface area (Å²) in [4.78, 5) is 11.3. The van der Waals surface area contributed by atoms with Gasteiger partial charge in [0.05, 0.1) is 11.8 Å². The lowest BCUT2D eigenvalue weighted by atomic mass is 10.3.